The van der Waals surface area contributed by atoms with Crippen molar-refractivity contribution in [1.29, 1.82) is 5.26 Å². The van der Waals surface area contributed by atoms with Crippen LogP contribution in [0.2, 0.25) is 0 Å². The van der Waals surface area contributed by atoms with Crippen molar-refractivity contribution in [3.63, 3.8) is 0 Å². The first-order chi connectivity index (χ1) is 8.36. The van der Waals surface area contributed by atoms with Gasteiger partial charge in [-0.2, -0.15) is 5.26 Å². The van der Waals surface area contributed by atoms with Gasteiger partial charge in [0.1, 0.15) is 10.5 Å². The molecule has 0 saturated heterocycles. The van der Waals surface area contributed by atoms with E-state index in [2.05, 4.69) is 16.0 Å². The third-order valence-electron chi connectivity index (χ3n) is 2.45. The summed E-state index contributed by atoms with van der Waals surface area (Å²) in [5.74, 6) is 0. The average Bonchev–Trinajstić information content (AvgIpc) is 2.82. The van der Waals surface area contributed by atoms with Crippen molar-refractivity contribution in [1.82, 2.24) is 9.97 Å². The largest absolute Gasteiger partial charge is 0.262 e. The van der Waals surface area contributed by atoms with Gasteiger partial charge in [0.2, 0.25) is 0 Å². The van der Waals surface area contributed by atoms with E-state index in [1.54, 1.807) is 35.9 Å². The molecule has 0 aliphatic carbocycles. The zero-order chi connectivity index (χ0) is 11.7. The van der Waals surface area contributed by atoms with E-state index in [1.807, 2.05) is 18.2 Å². The maximum atomic E-state index is 8.74. The van der Waals surface area contributed by atoms with Crippen LogP contribution >= 0.6 is 11.3 Å². The van der Waals surface area contributed by atoms with Gasteiger partial charge in [0.05, 0.1) is 22.5 Å². The summed E-state index contributed by atoms with van der Waals surface area (Å²) >= 11 is 1.63. The highest BCUT2D eigenvalue weighted by Gasteiger charge is 2.05. The molecule has 3 aromatic rings. The first-order valence-corrected chi connectivity index (χ1v) is 5.89. The minimum Gasteiger partial charge on any atom is -0.262 e. The van der Waals surface area contributed by atoms with E-state index in [4.69, 9.17) is 5.26 Å². The van der Waals surface area contributed by atoms with E-state index in [0.717, 1.165) is 20.8 Å². The van der Waals surface area contributed by atoms with E-state index < -0.39 is 0 Å². The first kappa shape index (κ1) is 9.94. The van der Waals surface area contributed by atoms with Gasteiger partial charge in [-0.3, -0.25) is 4.98 Å². The van der Waals surface area contributed by atoms with E-state index in [1.165, 1.54) is 0 Å². The maximum Gasteiger partial charge on any atom is 0.124 e. The van der Waals surface area contributed by atoms with Crippen LogP contribution in [0.1, 0.15) is 5.56 Å². The van der Waals surface area contributed by atoms with Crippen LogP contribution in [0.15, 0.2) is 42.7 Å². The molecule has 0 radical (unpaired) electrons. The third kappa shape index (κ3) is 1.77. The highest BCUT2D eigenvalue weighted by molar-refractivity contribution is 7.21. The van der Waals surface area contributed by atoms with Gasteiger partial charge < -0.3 is 0 Å². The normalized spacial score (nSPS) is 10.3. The van der Waals surface area contributed by atoms with Crippen molar-refractivity contribution < 1.29 is 0 Å². The second-order valence-electron chi connectivity index (χ2n) is 3.55. The Morgan fingerprint density at radius 2 is 1.94 bits per heavy atom. The van der Waals surface area contributed by atoms with Crippen molar-refractivity contribution in [3.8, 4) is 16.6 Å². The van der Waals surface area contributed by atoms with E-state index >= 15 is 0 Å². The lowest BCUT2D eigenvalue weighted by Gasteiger charge is -1.94. The number of nitriles is 1. The zero-order valence-corrected chi connectivity index (χ0v) is 9.61. The molecule has 2 heterocycles. The minimum atomic E-state index is 0.663. The monoisotopic (exact) mass is 237 g/mol. The fourth-order valence-electron chi connectivity index (χ4n) is 1.59. The Balaban J connectivity index is 2.11. The van der Waals surface area contributed by atoms with Gasteiger partial charge in [-0.25, -0.2) is 4.98 Å². The van der Waals surface area contributed by atoms with Crippen LogP contribution in [-0.2, 0) is 0 Å². The fraction of sp³-hybridized carbons (Fsp3) is 0. The Kier molecular flexibility index (Phi) is 2.32. The number of hydrogen-bond donors (Lipinski definition) is 0. The molecular weight excluding hydrogens is 230 g/mol. The Morgan fingerprint density at radius 3 is 2.65 bits per heavy atom. The second kappa shape index (κ2) is 3.96. The summed E-state index contributed by atoms with van der Waals surface area (Å²) in [5, 5.41) is 9.70. The molecule has 0 N–H and O–H groups in total. The number of rotatable bonds is 1. The molecule has 4 heteroatoms. The molecule has 0 unspecified atom stereocenters. The van der Waals surface area contributed by atoms with Gasteiger partial charge in [-0.05, 0) is 18.2 Å². The Hall–Kier alpha value is -2.25. The molecule has 0 spiro atoms. The molecule has 0 saturated carbocycles. The van der Waals surface area contributed by atoms with Crippen LogP contribution in [-0.4, -0.2) is 9.97 Å². The van der Waals surface area contributed by atoms with Crippen LogP contribution < -0.4 is 0 Å². The number of aromatic nitrogens is 2. The molecule has 0 atom stereocenters. The van der Waals surface area contributed by atoms with Crippen molar-refractivity contribution in [2.45, 2.75) is 0 Å². The lowest BCUT2D eigenvalue weighted by Crippen LogP contribution is -1.77. The molecule has 2 aromatic heterocycles. The Bertz CT molecular complexity index is 674. The number of benzene rings is 1. The van der Waals surface area contributed by atoms with Crippen LogP contribution in [0.3, 0.4) is 0 Å². The molecule has 3 nitrogen and oxygen atoms in total. The summed E-state index contributed by atoms with van der Waals surface area (Å²) in [6.45, 7) is 0. The molecule has 80 valence electrons. The standard InChI is InChI=1S/C13H7N3S/c14-7-9-1-3-10(4-2-9)13-16-11-8-15-6-5-12(11)17-13/h1-6,8H. The quantitative estimate of drug-likeness (QED) is 0.652. The van der Waals surface area contributed by atoms with Gasteiger partial charge in [0, 0.05) is 11.8 Å². The molecule has 0 aliphatic rings. The summed E-state index contributed by atoms with van der Waals surface area (Å²) < 4.78 is 1.12. The zero-order valence-electron chi connectivity index (χ0n) is 8.79. The third-order valence-corrected chi connectivity index (χ3v) is 3.54. The van der Waals surface area contributed by atoms with Crippen LogP contribution in [0.5, 0.6) is 0 Å². The van der Waals surface area contributed by atoms with Crippen molar-refractivity contribution >= 4 is 21.6 Å². The van der Waals surface area contributed by atoms with E-state index in [9.17, 15) is 0 Å². The molecular formula is C13H7N3S. The van der Waals surface area contributed by atoms with Crippen LogP contribution in [0, 0.1) is 11.3 Å². The van der Waals surface area contributed by atoms with Crippen LogP contribution in [0.25, 0.3) is 20.8 Å². The van der Waals surface area contributed by atoms with Gasteiger partial charge in [0.25, 0.3) is 0 Å². The summed E-state index contributed by atoms with van der Waals surface area (Å²) in [6.07, 6.45) is 3.53. The second-order valence-corrected chi connectivity index (χ2v) is 4.58. The highest BCUT2D eigenvalue weighted by Crippen LogP contribution is 2.29. The lowest BCUT2D eigenvalue weighted by atomic mass is 10.1. The van der Waals surface area contributed by atoms with E-state index in [-0.39, 0.29) is 0 Å². The fourth-order valence-corrected chi connectivity index (χ4v) is 2.53. The maximum absolute atomic E-state index is 8.74. The Morgan fingerprint density at radius 1 is 1.12 bits per heavy atom. The van der Waals surface area contributed by atoms with E-state index in [0.29, 0.717) is 5.56 Å². The minimum absolute atomic E-state index is 0.663. The number of nitrogens with zero attached hydrogens (tertiary/aromatic N) is 3. The number of hydrogen-bond acceptors (Lipinski definition) is 4. The summed E-state index contributed by atoms with van der Waals surface area (Å²) in [7, 11) is 0. The first-order valence-electron chi connectivity index (χ1n) is 5.08. The molecule has 0 fully saturated rings. The number of thiazole rings is 1. The van der Waals surface area contributed by atoms with Gasteiger partial charge in [-0.15, -0.1) is 11.3 Å². The molecule has 0 bridgehead atoms. The van der Waals surface area contributed by atoms with Crippen molar-refractivity contribution in [2.75, 3.05) is 0 Å². The Labute approximate surface area is 102 Å². The summed E-state index contributed by atoms with van der Waals surface area (Å²) in [6, 6.07) is 11.5. The molecule has 0 aliphatic heterocycles. The number of pyridine rings is 1. The lowest BCUT2D eigenvalue weighted by molar-refractivity contribution is 1.34. The summed E-state index contributed by atoms with van der Waals surface area (Å²) in [4.78, 5) is 8.56. The molecule has 1 aromatic carbocycles. The molecule has 3 rings (SSSR count). The highest BCUT2D eigenvalue weighted by atomic mass is 32.1. The molecule has 17 heavy (non-hydrogen) atoms. The summed E-state index contributed by atoms with van der Waals surface area (Å²) in [5.41, 5.74) is 2.61. The average molecular weight is 237 g/mol. The van der Waals surface area contributed by atoms with Gasteiger partial charge in [-0.1, -0.05) is 12.1 Å². The predicted octanol–water partition coefficient (Wildman–Crippen LogP) is 3.23. The van der Waals surface area contributed by atoms with Crippen LogP contribution in [0.4, 0.5) is 0 Å². The van der Waals surface area contributed by atoms with Gasteiger partial charge in [0.15, 0.2) is 0 Å². The number of fused-ring (bicyclic) bond motifs is 1. The van der Waals surface area contributed by atoms with Crippen molar-refractivity contribution in [2.24, 2.45) is 0 Å². The predicted molar refractivity (Wildman–Crippen MR) is 67.6 cm³/mol. The van der Waals surface area contributed by atoms with Gasteiger partial charge >= 0.3 is 0 Å². The van der Waals surface area contributed by atoms with Crippen molar-refractivity contribution in [3.05, 3.63) is 48.3 Å². The SMILES string of the molecule is N#Cc1ccc(-c2nc3cnccc3s2)cc1. The topological polar surface area (TPSA) is 49.6 Å². The smallest absolute Gasteiger partial charge is 0.124 e. The molecule has 0 amide bonds.